The van der Waals surface area contributed by atoms with Crippen LogP contribution in [0.15, 0.2) is 24.5 Å². The number of nitrogens with zero attached hydrogens (tertiary/aromatic N) is 1. The van der Waals surface area contributed by atoms with Crippen LogP contribution < -0.4 is 4.74 Å². The topological polar surface area (TPSA) is 37.9 Å². The molecule has 1 aromatic carbocycles. The number of nitrogens with one attached hydrogen (secondary N) is 1. The first-order chi connectivity index (χ1) is 7.22. The molecule has 0 aliphatic rings. The highest BCUT2D eigenvalue weighted by Gasteiger charge is 2.08. The fourth-order valence-corrected chi connectivity index (χ4v) is 1.58. The molecule has 0 radical (unpaired) electrons. The van der Waals surface area contributed by atoms with Crippen molar-refractivity contribution in [1.82, 2.24) is 10.2 Å². The number of aromatic amines is 1. The quantitative estimate of drug-likeness (QED) is 0.813. The van der Waals surface area contributed by atoms with Crippen molar-refractivity contribution in [1.29, 1.82) is 0 Å². The molecule has 0 amide bonds. The van der Waals surface area contributed by atoms with E-state index in [1.165, 1.54) is 11.1 Å². The largest absolute Gasteiger partial charge is 0.496 e. The highest BCUT2D eigenvalue weighted by atomic mass is 16.5. The Morgan fingerprint density at radius 3 is 2.53 bits per heavy atom. The first-order valence-corrected chi connectivity index (χ1v) is 4.86. The van der Waals surface area contributed by atoms with Crippen molar-refractivity contribution < 1.29 is 4.74 Å². The number of methoxy groups -OCH3 is 1. The Morgan fingerprint density at radius 2 is 1.93 bits per heavy atom. The minimum atomic E-state index is 0.888. The van der Waals surface area contributed by atoms with E-state index >= 15 is 0 Å². The summed E-state index contributed by atoms with van der Waals surface area (Å²) in [6.45, 7) is 4.18. The molecular weight excluding hydrogens is 188 g/mol. The van der Waals surface area contributed by atoms with Crippen molar-refractivity contribution in [3.05, 3.63) is 35.7 Å². The van der Waals surface area contributed by atoms with E-state index in [9.17, 15) is 0 Å². The normalized spacial score (nSPS) is 10.3. The molecule has 1 heterocycles. The lowest BCUT2D eigenvalue weighted by Gasteiger charge is -2.10. The Morgan fingerprint density at radius 1 is 1.20 bits per heavy atom. The maximum Gasteiger partial charge on any atom is 0.127 e. The van der Waals surface area contributed by atoms with Gasteiger partial charge in [0.2, 0.25) is 0 Å². The van der Waals surface area contributed by atoms with Crippen molar-refractivity contribution in [3.63, 3.8) is 0 Å². The molecule has 2 aromatic rings. The van der Waals surface area contributed by atoms with Crippen LogP contribution in [0.4, 0.5) is 0 Å². The van der Waals surface area contributed by atoms with Gasteiger partial charge in [-0.3, -0.25) is 5.10 Å². The third-order valence-corrected chi connectivity index (χ3v) is 2.63. The predicted octanol–water partition coefficient (Wildman–Crippen LogP) is 2.70. The van der Waals surface area contributed by atoms with Gasteiger partial charge < -0.3 is 4.74 Å². The van der Waals surface area contributed by atoms with Crippen molar-refractivity contribution in [2.24, 2.45) is 0 Å². The SMILES string of the molecule is COc1cc(C)c(C)cc1-c1cn[nH]c1. The van der Waals surface area contributed by atoms with E-state index in [0.29, 0.717) is 0 Å². The molecule has 0 fully saturated rings. The highest BCUT2D eigenvalue weighted by molar-refractivity contribution is 5.70. The van der Waals surface area contributed by atoms with Gasteiger partial charge in [-0.2, -0.15) is 5.10 Å². The van der Waals surface area contributed by atoms with Crippen molar-refractivity contribution in [3.8, 4) is 16.9 Å². The van der Waals surface area contributed by atoms with Gasteiger partial charge in [-0.1, -0.05) is 0 Å². The van der Waals surface area contributed by atoms with Crippen LogP contribution in [0.3, 0.4) is 0 Å². The molecule has 0 unspecified atom stereocenters. The van der Waals surface area contributed by atoms with Gasteiger partial charge in [-0.05, 0) is 37.1 Å². The van der Waals surface area contributed by atoms with E-state index in [2.05, 4.69) is 36.2 Å². The molecule has 3 nitrogen and oxygen atoms in total. The number of benzene rings is 1. The van der Waals surface area contributed by atoms with Crippen LogP contribution >= 0.6 is 0 Å². The Kier molecular flexibility index (Phi) is 2.46. The second-order valence-corrected chi connectivity index (χ2v) is 3.62. The minimum Gasteiger partial charge on any atom is -0.496 e. The summed E-state index contributed by atoms with van der Waals surface area (Å²) in [5, 5.41) is 6.75. The zero-order valence-corrected chi connectivity index (χ0v) is 9.16. The summed E-state index contributed by atoms with van der Waals surface area (Å²) >= 11 is 0. The van der Waals surface area contributed by atoms with E-state index in [0.717, 1.165) is 16.9 Å². The summed E-state index contributed by atoms with van der Waals surface area (Å²) in [4.78, 5) is 0. The van der Waals surface area contributed by atoms with E-state index in [-0.39, 0.29) is 0 Å². The number of aryl methyl sites for hydroxylation is 2. The maximum atomic E-state index is 5.36. The van der Waals surface area contributed by atoms with Crippen molar-refractivity contribution in [2.75, 3.05) is 7.11 Å². The zero-order valence-electron chi connectivity index (χ0n) is 9.16. The number of hydrogen-bond acceptors (Lipinski definition) is 2. The molecular formula is C12H14N2O. The second kappa shape index (κ2) is 3.77. The molecule has 2 rings (SSSR count). The lowest BCUT2D eigenvalue weighted by Crippen LogP contribution is -1.90. The van der Waals surface area contributed by atoms with E-state index in [4.69, 9.17) is 4.74 Å². The van der Waals surface area contributed by atoms with Crippen molar-refractivity contribution >= 4 is 0 Å². The summed E-state index contributed by atoms with van der Waals surface area (Å²) < 4.78 is 5.36. The van der Waals surface area contributed by atoms with Crippen molar-refractivity contribution in [2.45, 2.75) is 13.8 Å². The standard InChI is InChI=1S/C12H14N2O/c1-8-4-11(10-6-13-14-7-10)12(15-3)5-9(8)2/h4-7H,1-3H3,(H,13,14). The van der Waals surface area contributed by atoms with Crippen LogP contribution in [0.25, 0.3) is 11.1 Å². The Bertz CT molecular complexity index is 461. The fraction of sp³-hybridized carbons (Fsp3) is 0.250. The van der Waals surface area contributed by atoms with Gasteiger partial charge in [0.05, 0.1) is 13.3 Å². The van der Waals surface area contributed by atoms with E-state index < -0.39 is 0 Å². The third-order valence-electron chi connectivity index (χ3n) is 2.63. The minimum absolute atomic E-state index is 0.888. The molecule has 15 heavy (non-hydrogen) atoms. The monoisotopic (exact) mass is 202 g/mol. The van der Waals surface area contributed by atoms with Gasteiger partial charge in [-0.15, -0.1) is 0 Å². The van der Waals surface area contributed by atoms with Crippen LogP contribution in [0.1, 0.15) is 11.1 Å². The van der Waals surface area contributed by atoms with Gasteiger partial charge in [-0.25, -0.2) is 0 Å². The lowest BCUT2D eigenvalue weighted by molar-refractivity contribution is 0.416. The first kappa shape index (κ1) is 9.77. The molecule has 0 saturated carbocycles. The molecule has 0 aliphatic carbocycles. The average molecular weight is 202 g/mol. The van der Waals surface area contributed by atoms with Crippen LogP contribution in [0.2, 0.25) is 0 Å². The van der Waals surface area contributed by atoms with Gasteiger partial charge in [0, 0.05) is 17.3 Å². The molecule has 1 N–H and O–H groups in total. The third kappa shape index (κ3) is 1.73. The Hall–Kier alpha value is -1.77. The summed E-state index contributed by atoms with van der Waals surface area (Å²) in [6, 6.07) is 4.18. The van der Waals surface area contributed by atoms with Crippen LogP contribution in [0.5, 0.6) is 5.75 Å². The number of hydrogen-bond donors (Lipinski definition) is 1. The van der Waals surface area contributed by atoms with Gasteiger partial charge in [0.15, 0.2) is 0 Å². The molecule has 0 spiro atoms. The molecule has 0 saturated heterocycles. The fourth-order valence-electron chi connectivity index (χ4n) is 1.58. The number of aromatic nitrogens is 2. The van der Waals surface area contributed by atoms with Crippen LogP contribution in [-0.2, 0) is 0 Å². The van der Waals surface area contributed by atoms with E-state index in [1.54, 1.807) is 13.3 Å². The smallest absolute Gasteiger partial charge is 0.127 e. The molecule has 78 valence electrons. The van der Waals surface area contributed by atoms with E-state index in [1.807, 2.05) is 6.20 Å². The highest BCUT2D eigenvalue weighted by Crippen LogP contribution is 2.31. The summed E-state index contributed by atoms with van der Waals surface area (Å²) in [5.74, 6) is 0.888. The molecule has 3 heteroatoms. The Labute approximate surface area is 89.1 Å². The first-order valence-electron chi connectivity index (χ1n) is 4.86. The molecule has 1 aromatic heterocycles. The van der Waals surface area contributed by atoms with Gasteiger partial charge in [0.1, 0.15) is 5.75 Å². The maximum absolute atomic E-state index is 5.36. The van der Waals surface area contributed by atoms with Gasteiger partial charge >= 0.3 is 0 Å². The molecule has 0 aliphatic heterocycles. The summed E-state index contributed by atoms with van der Waals surface area (Å²) in [5.41, 5.74) is 4.62. The zero-order chi connectivity index (χ0) is 10.8. The number of H-pyrrole nitrogens is 1. The number of rotatable bonds is 2. The van der Waals surface area contributed by atoms with Crippen LogP contribution in [0, 0.1) is 13.8 Å². The summed E-state index contributed by atoms with van der Waals surface area (Å²) in [7, 11) is 1.69. The van der Waals surface area contributed by atoms with Gasteiger partial charge in [0.25, 0.3) is 0 Å². The molecule has 0 bridgehead atoms. The second-order valence-electron chi connectivity index (χ2n) is 3.62. The Balaban J connectivity index is 2.60. The lowest BCUT2D eigenvalue weighted by atomic mass is 10.0. The number of ether oxygens (including phenoxy) is 1. The molecule has 0 atom stereocenters. The predicted molar refractivity (Wildman–Crippen MR) is 60.0 cm³/mol. The summed E-state index contributed by atoms with van der Waals surface area (Å²) in [6.07, 6.45) is 3.67. The average Bonchev–Trinajstić information content (AvgIpc) is 2.74. The van der Waals surface area contributed by atoms with Crippen LogP contribution in [-0.4, -0.2) is 17.3 Å².